The van der Waals surface area contributed by atoms with Crippen molar-refractivity contribution in [1.82, 2.24) is 4.90 Å². The highest BCUT2D eigenvalue weighted by Crippen LogP contribution is 2.23. The molecule has 0 fully saturated rings. The van der Waals surface area contributed by atoms with Crippen LogP contribution >= 0.6 is 0 Å². The minimum Gasteiger partial charge on any atom is -0.492 e. The molecule has 1 aromatic carbocycles. The fraction of sp³-hybridized carbons (Fsp3) is 0.562. The lowest BCUT2D eigenvalue weighted by molar-refractivity contribution is 0.0682. The van der Waals surface area contributed by atoms with Crippen molar-refractivity contribution in [3.05, 3.63) is 23.8 Å². The van der Waals surface area contributed by atoms with E-state index in [9.17, 15) is 4.79 Å². The zero-order valence-corrected chi connectivity index (χ0v) is 13.1. The summed E-state index contributed by atoms with van der Waals surface area (Å²) in [5.74, 6) is 1.08. The van der Waals surface area contributed by atoms with Gasteiger partial charge < -0.3 is 15.4 Å². The minimum atomic E-state index is 0.0171. The van der Waals surface area contributed by atoms with Gasteiger partial charge in [-0.05, 0) is 44.9 Å². The summed E-state index contributed by atoms with van der Waals surface area (Å²) in [4.78, 5) is 14.4. The molecule has 4 heteroatoms. The van der Waals surface area contributed by atoms with Crippen molar-refractivity contribution in [2.75, 3.05) is 18.9 Å². The van der Waals surface area contributed by atoms with E-state index in [1.165, 1.54) is 0 Å². The molecule has 0 atom stereocenters. The van der Waals surface area contributed by atoms with Gasteiger partial charge in [-0.15, -0.1) is 0 Å². The van der Waals surface area contributed by atoms with E-state index in [0.717, 1.165) is 6.54 Å². The Kier molecular flexibility index (Phi) is 5.86. The summed E-state index contributed by atoms with van der Waals surface area (Å²) in [6.45, 7) is 11.5. The SMILES string of the molecule is CCOc1ccc(C(=O)N(CC(C)C)C(C)C)cc1N. The predicted octanol–water partition coefficient (Wildman–Crippen LogP) is 3.17. The number of nitrogen functional groups attached to an aromatic ring is 1. The third-order valence-corrected chi connectivity index (χ3v) is 3.00. The normalized spacial score (nSPS) is 10.9. The van der Waals surface area contributed by atoms with E-state index in [-0.39, 0.29) is 11.9 Å². The summed E-state index contributed by atoms with van der Waals surface area (Å²) in [5, 5.41) is 0. The maximum Gasteiger partial charge on any atom is 0.254 e. The maximum absolute atomic E-state index is 12.6. The summed E-state index contributed by atoms with van der Waals surface area (Å²) in [7, 11) is 0. The Morgan fingerprint density at radius 2 is 1.95 bits per heavy atom. The van der Waals surface area contributed by atoms with Crippen molar-refractivity contribution < 1.29 is 9.53 Å². The van der Waals surface area contributed by atoms with Crippen molar-refractivity contribution in [3.63, 3.8) is 0 Å². The highest BCUT2D eigenvalue weighted by Gasteiger charge is 2.20. The zero-order valence-electron chi connectivity index (χ0n) is 13.1. The number of benzene rings is 1. The van der Waals surface area contributed by atoms with Crippen LogP contribution in [0.2, 0.25) is 0 Å². The first-order valence-electron chi connectivity index (χ1n) is 7.20. The van der Waals surface area contributed by atoms with Crippen LogP contribution in [-0.4, -0.2) is 30.0 Å². The van der Waals surface area contributed by atoms with Gasteiger partial charge in [0.25, 0.3) is 5.91 Å². The van der Waals surface area contributed by atoms with Crippen LogP contribution in [0, 0.1) is 5.92 Å². The van der Waals surface area contributed by atoms with Gasteiger partial charge in [0.15, 0.2) is 0 Å². The van der Waals surface area contributed by atoms with E-state index in [4.69, 9.17) is 10.5 Å². The summed E-state index contributed by atoms with van der Waals surface area (Å²) >= 11 is 0. The third-order valence-electron chi connectivity index (χ3n) is 3.00. The monoisotopic (exact) mass is 278 g/mol. The predicted molar refractivity (Wildman–Crippen MR) is 83.0 cm³/mol. The van der Waals surface area contributed by atoms with Gasteiger partial charge in [-0.3, -0.25) is 4.79 Å². The highest BCUT2D eigenvalue weighted by atomic mass is 16.5. The molecule has 4 nitrogen and oxygen atoms in total. The van der Waals surface area contributed by atoms with Gasteiger partial charge in [0, 0.05) is 18.2 Å². The molecular formula is C16H26N2O2. The molecule has 0 aliphatic heterocycles. The Labute approximate surface area is 121 Å². The van der Waals surface area contributed by atoms with E-state index in [1.807, 2.05) is 25.7 Å². The fourth-order valence-electron chi connectivity index (χ4n) is 2.06. The van der Waals surface area contributed by atoms with Crippen molar-refractivity contribution >= 4 is 11.6 Å². The van der Waals surface area contributed by atoms with E-state index in [1.54, 1.807) is 18.2 Å². The van der Waals surface area contributed by atoms with E-state index in [0.29, 0.717) is 29.5 Å². The van der Waals surface area contributed by atoms with Crippen LogP contribution in [0.4, 0.5) is 5.69 Å². The number of hydrogen-bond acceptors (Lipinski definition) is 3. The molecule has 1 aromatic rings. The van der Waals surface area contributed by atoms with Gasteiger partial charge in [-0.25, -0.2) is 0 Å². The Morgan fingerprint density at radius 1 is 1.30 bits per heavy atom. The lowest BCUT2D eigenvalue weighted by Crippen LogP contribution is -2.39. The molecule has 20 heavy (non-hydrogen) atoms. The van der Waals surface area contributed by atoms with Crippen molar-refractivity contribution in [1.29, 1.82) is 0 Å². The van der Waals surface area contributed by atoms with Crippen LogP contribution in [0.1, 0.15) is 45.0 Å². The first-order valence-corrected chi connectivity index (χ1v) is 7.20. The standard InChI is InChI=1S/C16H26N2O2/c1-6-20-15-8-7-13(9-14(15)17)16(19)18(12(4)5)10-11(2)3/h7-9,11-12H,6,10,17H2,1-5H3. The summed E-state index contributed by atoms with van der Waals surface area (Å²) in [6.07, 6.45) is 0. The number of carbonyl (C=O) groups excluding carboxylic acids is 1. The Balaban J connectivity index is 2.97. The summed E-state index contributed by atoms with van der Waals surface area (Å²) in [6, 6.07) is 5.40. The lowest BCUT2D eigenvalue weighted by atomic mass is 10.1. The second-order valence-electron chi connectivity index (χ2n) is 5.63. The van der Waals surface area contributed by atoms with Gasteiger partial charge in [0.1, 0.15) is 5.75 Å². The van der Waals surface area contributed by atoms with Crippen molar-refractivity contribution in [2.45, 2.75) is 40.7 Å². The summed E-state index contributed by atoms with van der Waals surface area (Å²) in [5.41, 5.74) is 7.04. The Hall–Kier alpha value is -1.71. The molecule has 1 rings (SSSR count). The second-order valence-corrected chi connectivity index (χ2v) is 5.63. The molecule has 0 bridgehead atoms. The molecular weight excluding hydrogens is 252 g/mol. The van der Waals surface area contributed by atoms with Crippen molar-refractivity contribution in [3.8, 4) is 5.75 Å². The first kappa shape index (κ1) is 16.3. The smallest absolute Gasteiger partial charge is 0.254 e. The third kappa shape index (κ3) is 4.15. The molecule has 0 saturated carbocycles. The number of nitrogens with two attached hydrogens (primary N) is 1. The number of amides is 1. The average Bonchev–Trinajstić information content (AvgIpc) is 2.37. The number of ether oxygens (including phenoxy) is 1. The molecule has 112 valence electrons. The topological polar surface area (TPSA) is 55.6 Å². The first-order chi connectivity index (χ1) is 9.36. The molecule has 0 aromatic heterocycles. The number of rotatable bonds is 6. The van der Waals surface area contributed by atoms with Crippen LogP contribution in [0.5, 0.6) is 5.75 Å². The molecule has 0 saturated heterocycles. The zero-order chi connectivity index (χ0) is 15.3. The summed E-state index contributed by atoms with van der Waals surface area (Å²) < 4.78 is 5.39. The van der Waals surface area contributed by atoms with E-state index >= 15 is 0 Å². The second kappa shape index (κ2) is 7.17. The number of hydrogen-bond donors (Lipinski definition) is 1. The quantitative estimate of drug-likeness (QED) is 0.813. The van der Waals surface area contributed by atoms with Gasteiger partial charge in [-0.1, -0.05) is 13.8 Å². The molecule has 0 heterocycles. The van der Waals surface area contributed by atoms with Crippen LogP contribution in [0.15, 0.2) is 18.2 Å². The molecule has 0 aliphatic rings. The van der Waals surface area contributed by atoms with Crippen LogP contribution in [0.25, 0.3) is 0 Å². The van der Waals surface area contributed by atoms with Gasteiger partial charge in [-0.2, -0.15) is 0 Å². The van der Waals surface area contributed by atoms with Crippen LogP contribution in [-0.2, 0) is 0 Å². The molecule has 2 N–H and O–H groups in total. The molecule has 1 amide bonds. The fourth-order valence-corrected chi connectivity index (χ4v) is 2.06. The Morgan fingerprint density at radius 3 is 2.40 bits per heavy atom. The largest absolute Gasteiger partial charge is 0.492 e. The minimum absolute atomic E-state index is 0.0171. The highest BCUT2D eigenvalue weighted by molar-refractivity contribution is 5.95. The molecule has 0 unspecified atom stereocenters. The molecule has 0 aliphatic carbocycles. The van der Waals surface area contributed by atoms with Gasteiger partial charge in [0.2, 0.25) is 0 Å². The molecule has 0 spiro atoms. The number of carbonyl (C=O) groups is 1. The van der Waals surface area contributed by atoms with E-state index in [2.05, 4.69) is 13.8 Å². The maximum atomic E-state index is 12.6. The van der Waals surface area contributed by atoms with Gasteiger partial charge in [0.05, 0.1) is 12.3 Å². The van der Waals surface area contributed by atoms with Gasteiger partial charge >= 0.3 is 0 Å². The van der Waals surface area contributed by atoms with Crippen LogP contribution < -0.4 is 10.5 Å². The molecule has 0 radical (unpaired) electrons. The van der Waals surface area contributed by atoms with Crippen LogP contribution in [0.3, 0.4) is 0 Å². The number of anilines is 1. The van der Waals surface area contributed by atoms with Crippen molar-refractivity contribution in [2.24, 2.45) is 5.92 Å². The lowest BCUT2D eigenvalue weighted by Gasteiger charge is -2.28. The number of nitrogens with zero attached hydrogens (tertiary/aromatic N) is 1. The Bertz CT molecular complexity index is 456. The van der Waals surface area contributed by atoms with E-state index < -0.39 is 0 Å². The average molecular weight is 278 g/mol.